The van der Waals surface area contributed by atoms with Gasteiger partial charge in [-0.25, -0.2) is 9.78 Å². The molecule has 0 saturated heterocycles. The molecule has 1 heterocycles. The number of carbonyl (C=O) groups excluding carboxylic acids is 2. The Labute approximate surface area is 103 Å². The monoisotopic (exact) mass is 246 g/mol. The third-order valence-electron chi connectivity index (χ3n) is 1.89. The zero-order valence-corrected chi connectivity index (χ0v) is 9.58. The first kappa shape index (κ1) is 13.3. The topological polar surface area (TPSA) is 119 Å². The minimum absolute atomic E-state index is 0.0164. The highest BCUT2D eigenvalue weighted by molar-refractivity contribution is 6.01. The highest BCUT2D eigenvalue weighted by Gasteiger charge is 2.15. The molecule has 18 heavy (non-hydrogen) atoms. The molecular formula is C11H10N4O3. The number of nitrogens with zero attached hydrogens (tertiary/aromatic N) is 3. The number of allylic oxidation sites excluding steroid dienone is 1. The number of nitrogens with two attached hydrogens (primary N) is 1. The smallest absolute Gasteiger partial charge is 0.358 e. The van der Waals surface area contributed by atoms with Crippen LogP contribution in [0.1, 0.15) is 17.4 Å². The summed E-state index contributed by atoms with van der Waals surface area (Å²) in [5.41, 5.74) is 5.18. The fraction of sp³-hybridized carbons (Fsp3) is 0.182. The third kappa shape index (κ3) is 3.38. The molecule has 0 fully saturated rings. The van der Waals surface area contributed by atoms with Crippen molar-refractivity contribution >= 4 is 11.8 Å². The van der Waals surface area contributed by atoms with Gasteiger partial charge in [0, 0.05) is 18.1 Å². The fourth-order valence-electron chi connectivity index (χ4n) is 1.05. The van der Waals surface area contributed by atoms with Gasteiger partial charge >= 0.3 is 5.97 Å². The van der Waals surface area contributed by atoms with E-state index in [2.05, 4.69) is 9.97 Å². The Morgan fingerprint density at radius 1 is 1.50 bits per heavy atom. The number of ether oxygens (including phenoxy) is 1. The van der Waals surface area contributed by atoms with Crippen LogP contribution in [0.3, 0.4) is 0 Å². The van der Waals surface area contributed by atoms with Crippen LogP contribution in [0.5, 0.6) is 0 Å². The van der Waals surface area contributed by atoms with E-state index in [0.29, 0.717) is 0 Å². The Morgan fingerprint density at radius 3 is 2.72 bits per heavy atom. The average molecular weight is 246 g/mol. The molecule has 1 rings (SSSR count). The van der Waals surface area contributed by atoms with E-state index in [9.17, 15) is 9.59 Å². The SMILES string of the molecule is C/C(N)=C(/C#N)C(=O)COC(=O)c1cnccn1. The first-order chi connectivity index (χ1) is 8.56. The molecule has 0 saturated carbocycles. The second kappa shape index (κ2) is 6.10. The van der Waals surface area contributed by atoms with Gasteiger partial charge < -0.3 is 10.5 Å². The molecule has 0 aliphatic rings. The number of hydrogen-bond acceptors (Lipinski definition) is 7. The summed E-state index contributed by atoms with van der Waals surface area (Å²) in [6.07, 6.45) is 3.93. The van der Waals surface area contributed by atoms with E-state index >= 15 is 0 Å². The quantitative estimate of drug-likeness (QED) is 0.449. The van der Waals surface area contributed by atoms with E-state index in [1.807, 2.05) is 0 Å². The Hall–Kier alpha value is -2.75. The van der Waals surface area contributed by atoms with E-state index in [1.165, 1.54) is 25.5 Å². The summed E-state index contributed by atoms with van der Waals surface area (Å²) in [7, 11) is 0. The maximum Gasteiger partial charge on any atom is 0.358 e. The van der Waals surface area contributed by atoms with Gasteiger partial charge in [0.15, 0.2) is 12.3 Å². The molecule has 1 aromatic rings. The second-order valence-corrected chi connectivity index (χ2v) is 3.26. The van der Waals surface area contributed by atoms with Crippen molar-refractivity contribution in [1.82, 2.24) is 9.97 Å². The van der Waals surface area contributed by atoms with E-state index in [0.717, 1.165) is 0 Å². The predicted molar refractivity (Wildman–Crippen MR) is 59.8 cm³/mol. The lowest BCUT2D eigenvalue weighted by Crippen LogP contribution is -2.18. The number of carbonyl (C=O) groups is 2. The average Bonchev–Trinajstić information content (AvgIpc) is 2.37. The van der Waals surface area contributed by atoms with Crippen LogP contribution in [0.2, 0.25) is 0 Å². The van der Waals surface area contributed by atoms with E-state index in [1.54, 1.807) is 6.07 Å². The molecule has 7 heteroatoms. The molecule has 2 N–H and O–H groups in total. The number of ketones is 1. The Balaban J connectivity index is 2.63. The van der Waals surface area contributed by atoms with Crippen molar-refractivity contribution in [2.24, 2.45) is 5.73 Å². The maximum atomic E-state index is 11.5. The van der Waals surface area contributed by atoms with Gasteiger partial charge in [-0.05, 0) is 6.92 Å². The van der Waals surface area contributed by atoms with Crippen molar-refractivity contribution in [2.75, 3.05) is 6.61 Å². The summed E-state index contributed by atoms with van der Waals surface area (Å²) >= 11 is 0. The first-order valence-corrected chi connectivity index (χ1v) is 4.89. The van der Waals surface area contributed by atoms with Gasteiger partial charge in [-0.15, -0.1) is 0 Å². The fourth-order valence-corrected chi connectivity index (χ4v) is 1.05. The molecule has 0 atom stereocenters. The highest BCUT2D eigenvalue weighted by Crippen LogP contribution is 2.01. The Morgan fingerprint density at radius 2 is 2.22 bits per heavy atom. The first-order valence-electron chi connectivity index (χ1n) is 4.89. The van der Waals surface area contributed by atoms with Crippen molar-refractivity contribution in [2.45, 2.75) is 6.92 Å². The van der Waals surface area contributed by atoms with Crippen LogP contribution >= 0.6 is 0 Å². The molecule has 0 bridgehead atoms. The van der Waals surface area contributed by atoms with Crippen LogP contribution < -0.4 is 5.73 Å². The summed E-state index contributed by atoms with van der Waals surface area (Å²) in [4.78, 5) is 30.3. The molecule has 0 aliphatic heterocycles. The largest absolute Gasteiger partial charge is 0.452 e. The number of nitriles is 1. The second-order valence-electron chi connectivity index (χ2n) is 3.26. The molecule has 0 aromatic carbocycles. The molecule has 0 radical (unpaired) electrons. The normalized spacial score (nSPS) is 11.1. The lowest BCUT2D eigenvalue weighted by atomic mass is 10.1. The minimum atomic E-state index is -0.789. The van der Waals surface area contributed by atoms with E-state index in [-0.39, 0.29) is 17.0 Å². The molecule has 92 valence electrons. The van der Waals surface area contributed by atoms with Crippen LogP contribution in [0.15, 0.2) is 29.9 Å². The number of rotatable bonds is 4. The molecule has 0 amide bonds. The molecule has 7 nitrogen and oxygen atoms in total. The van der Waals surface area contributed by atoms with Gasteiger partial charge in [0.25, 0.3) is 0 Å². The zero-order valence-electron chi connectivity index (χ0n) is 9.58. The van der Waals surface area contributed by atoms with Crippen LogP contribution in [0.4, 0.5) is 0 Å². The minimum Gasteiger partial charge on any atom is -0.452 e. The maximum absolute atomic E-state index is 11.5. The van der Waals surface area contributed by atoms with E-state index in [4.69, 9.17) is 15.7 Å². The summed E-state index contributed by atoms with van der Waals surface area (Å²) in [6, 6.07) is 1.65. The van der Waals surface area contributed by atoms with Gasteiger partial charge in [-0.1, -0.05) is 0 Å². The lowest BCUT2D eigenvalue weighted by molar-refractivity contribution is -0.118. The zero-order chi connectivity index (χ0) is 13.5. The molecule has 0 aliphatic carbocycles. The molecule has 0 spiro atoms. The number of Topliss-reactive ketones (excluding diaryl/α,β-unsaturated/α-hetero) is 1. The van der Waals surface area contributed by atoms with Crippen molar-refractivity contribution in [3.05, 3.63) is 35.6 Å². The molecule has 1 aromatic heterocycles. The van der Waals surface area contributed by atoms with Gasteiger partial charge in [0.1, 0.15) is 11.6 Å². The summed E-state index contributed by atoms with van der Waals surface area (Å²) in [6.45, 7) is 0.855. The van der Waals surface area contributed by atoms with Crippen molar-refractivity contribution in [1.29, 1.82) is 5.26 Å². The number of hydrogen-bond donors (Lipinski definition) is 1. The van der Waals surface area contributed by atoms with Crippen molar-refractivity contribution in [3.8, 4) is 6.07 Å². The van der Waals surface area contributed by atoms with E-state index < -0.39 is 18.4 Å². The summed E-state index contributed by atoms with van der Waals surface area (Å²) in [5, 5.41) is 8.68. The predicted octanol–water partition coefficient (Wildman–Crippen LogP) is -0.0412. The van der Waals surface area contributed by atoms with Crippen LogP contribution in [0, 0.1) is 11.3 Å². The Bertz CT molecular complexity index is 527. The van der Waals surface area contributed by atoms with Gasteiger partial charge in [0.2, 0.25) is 5.78 Å². The standard InChI is InChI=1S/C11H10N4O3/c1-7(13)8(4-12)10(16)6-18-11(17)9-5-14-2-3-15-9/h2-3,5H,6,13H2,1H3/b8-7+. The summed E-state index contributed by atoms with van der Waals surface area (Å²) < 4.78 is 4.69. The lowest BCUT2D eigenvalue weighted by Gasteiger charge is -2.03. The molecule has 0 unspecified atom stereocenters. The highest BCUT2D eigenvalue weighted by atomic mass is 16.5. The van der Waals surface area contributed by atoms with Gasteiger partial charge in [0.05, 0.1) is 6.20 Å². The van der Waals surface area contributed by atoms with Gasteiger partial charge in [-0.3, -0.25) is 9.78 Å². The Kier molecular flexibility index (Phi) is 4.51. The van der Waals surface area contributed by atoms with Crippen LogP contribution in [0.25, 0.3) is 0 Å². The van der Waals surface area contributed by atoms with Crippen LogP contribution in [-0.4, -0.2) is 28.3 Å². The number of aromatic nitrogens is 2. The number of esters is 1. The van der Waals surface area contributed by atoms with Crippen molar-refractivity contribution < 1.29 is 14.3 Å². The van der Waals surface area contributed by atoms with Gasteiger partial charge in [-0.2, -0.15) is 5.26 Å². The van der Waals surface area contributed by atoms with Crippen molar-refractivity contribution in [3.63, 3.8) is 0 Å². The van der Waals surface area contributed by atoms with Crippen LogP contribution in [-0.2, 0) is 9.53 Å². The summed E-state index contributed by atoms with van der Waals surface area (Å²) in [5.74, 6) is -1.45. The third-order valence-corrected chi connectivity index (χ3v) is 1.89. The molecular weight excluding hydrogens is 236 g/mol.